The first-order valence-electron chi connectivity index (χ1n) is 9.75. The molecule has 3 aromatic carbocycles. The van der Waals surface area contributed by atoms with Gasteiger partial charge >= 0.3 is 0 Å². The molecule has 0 aliphatic carbocycles. The quantitative estimate of drug-likeness (QED) is 0.429. The Morgan fingerprint density at radius 2 is 1.55 bits per heavy atom. The van der Waals surface area contributed by atoms with Gasteiger partial charge in [0.2, 0.25) is 0 Å². The third-order valence-electron chi connectivity index (χ3n) is 5.00. The van der Waals surface area contributed by atoms with E-state index in [4.69, 9.17) is 0 Å². The van der Waals surface area contributed by atoms with Gasteiger partial charge in [0.25, 0.3) is 11.5 Å². The second-order valence-corrected chi connectivity index (χ2v) is 8.03. The minimum atomic E-state index is -0.472. The first-order valence-corrected chi connectivity index (χ1v) is 10.5. The Morgan fingerprint density at radius 3 is 2.16 bits per heavy atom. The summed E-state index contributed by atoms with van der Waals surface area (Å²) >= 11 is 3.46. The van der Waals surface area contributed by atoms with Crippen molar-refractivity contribution in [2.75, 3.05) is 5.32 Å². The summed E-state index contributed by atoms with van der Waals surface area (Å²) in [5.74, 6) is -0.472. The molecule has 0 unspecified atom stereocenters. The Labute approximate surface area is 188 Å². The normalized spacial score (nSPS) is 10.7. The molecule has 0 radical (unpaired) electrons. The highest BCUT2D eigenvalue weighted by molar-refractivity contribution is 9.10. The SMILES string of the molecule is Cc1cc(NC(=O)c2c(-c3ccccc3)c(-c3ccccc3)nn(C)c2=O)ccc1Br. The molecule has 0 spiro atoms. The Hall–Kier alpha value is -3.51. The standard InChI is InChI=1S/C25H20BrN3O2/c1-16-15-19(13-14-20(16)26)27-24(30)22-21(17-9-5-3-6-10-17)23(28-29(2)25(22)31)18-11-7-4-8-12-18/h3-15H,1-2H3,(H,27,30). The van der Waals surface area contributed by atoms with Crippen molar-refractivity contribution in [3.05, 3.63) is 105 Å². The fourth-order valence-corrected chi connectivity index (χ4v) is 3.69. The molecular weight excluding hydrogens is 454 g/mol. The topological polar surface area (TPSA) is 64.0 Å². The molecule has 0 atom stereocenters. The second kappa shape index (κ2) is 8.70. The zero-order valence-corrected chi connectivity index (χ0v) is 18.7. The van der Waals surface area contributed by atoms with Crippen molar-refractivity contribution in [2.45, 2.75) is 6.92 Å². The number of halogens is 1. The third-order valence-corrected chi connectivity index (χ3v) is 5.89. The molecule has 4 rings (SSSR count). The average molecular weight is 474 g/mol. The molecule has 0 fully saturated rings. The van der Waals surface area contributed by atoms with Gasteiger partial charge < -0.3 is 5.32 Å². The van der Waals surface area contributed by atoms with Crippen molar-refractivity contribution in [3.63, 3.8) is 0 Å². The van der Waals surface area contributed by atoms with Crippen molar-refractivity contribution in [2.24, 2.45) is 7.05 Å². The number of rotatable bonds is 4. The van der Waals surface area contributed by atoms with Gasteiger partial charge in [-0.15, -0.1) is 0 Å². The zero-order chi connectivity index (χ0) is 22.0. The van der Waals surface area contributed by atoms with Gasteiger partial charge in [-0.1, -0.05) is 76.6 Å². The summed E-state index contributed by atoms with van der Waals surface area (Å²) in [6.07, 6.45) is 0. The van der Waals surface area contributed by atoms with Gasteiger partial charge in [0, 0.05) is 28.3 Å². The second-order valence-electron chi connectivity index (χ2n) is 7.18. The van der Waals surface area contributed by atoms with E-state index in [1.807, 2.05) is 79.7 Å². The fraction of sp³-hybridized carbons (Fsp3) is 0.0800. The molecule has 154 valence electrons. The van der Waals surface area contributed by atoms with Gasteiger partial charge in [-0.25, -0.2) is 4.68 Å². The molecule has 6 heteroatoms. The van der Waals surface area contributed by atoms with Crippen LogP contribution in [0.4, 0.5) is 5.69 Å². The Bertz CT molecular complexity index is 1320. The van der Waals surface area contributed by atoms with Crippen molar-refractivity contribution >= 4 is 27.5 Å². The van der Waals surface area contributed by atoms with Crippen molar-refractivity contribution in [1.82, 2.24) is 9.78 Å². The highest BCUT2D eigenvalue weighted by Gasteiger charge is 2.24. The lowest BCUT2D eigenvalue weighted by Gasteiger charge is -2.16. The summed E-state index contributed by atoms with van der Waals surface area (Å²) in [5, 5.41) is 7.40. The molecule has 0 saturated carbocycles. The van der Waals surface area contributed by atoms with E-state index in [1.165, 1.54) is 4.68 Å². The van der Waals surface area contributed by atoms with E-state index >= 15 is 0 Å². The number of aryl methyl sites for hydroxylation is 2. The molecule has 0 saturated heterocycles. The van der Waals surface area contributed by atoms with Gasteiger partial charge in [-0.05, 0) is 36.2 Å². The summed E-state index contributed by atoms with van der Waals surface area (Å²) < 4.78 is 2.16. The molecule has 0 aliphatic heterocycles. The molecule has 1 aromatic heterocycles. The fourth-order valence-electron chi connectivity index (χ4n) is 3.44. The van der Waals surface area contributed by atoms with E-state index in [9.17, 15) is 9.59 Å². The lowest BCUT2D eigenvalue weighted by atomic mass is 9.95. The first-order chi connectivity index (χ1) is 15.0. The molecule has 1 heterocycles. The minimum Gasteiger partial charge on any atom is -0.322 e. The summed E-state index contributed by atoms with van der Waals surface area (Å²) in [7, 11) is 1.56. The van der Waals surface area contributed by atoms with Crippen molar-refractivity contribution in [1.29, 1.82) is 0 Å². The zero-order valence-electron chi connectivity index (χ0n) is 17.1. The average Bonchev–Trinajstić information content (AvgIpc) is 2.78. The van der Waals surface area contributed by atoms with Gasteiger partial charge in [-0.2, -0.15) is 5.10 Å². The molecule has 0 aliphatic rings. The van der Waals surface area contributed by atoms with Gasteiger partial charge in [-0.3, -0.25) is 9.59 Å². The molecule has 0 bridgehead atoms. The van der Waals surface area contributed by atoms with Crippen LogP contribution >= 0.6 is 15.9 Å². The highest BCUT2D eigenvalue weighted by Crippen LogP contribution is 2.32. The Balaban J connectivity index is 1.94. The third kappa shape index (κ3) is 4.20. The van der Waals surface area contributed by atoms with E-state index in [1.54, 1.807) is 13.1 Å². The smallest absolute Gasteiger partial charge is 0.280 e. The van der Waals surface area contributed by atoms with Crippen LogP contribution in [0.15, 0.2) is 88.1 Å². The maximum atomic E-state index is 13.4. The number of amides is 1. The number of carbonyl (C=O) groups is 1. The first kappa shape index (κ1) is 20.8. The van der Waals surface area contributed by atoms with E-state index < -0.39 is 11.5 Å². The maximum absolute atomic E-state index is 13.4. The largest absolute Gasteiger partial charge is 0.322 e. The number of hydrogen-bond acceptors (Lipinski definition) is 3. The van der Waals surface area contributed by atoms with Crippen LogP contribution in [0, 0.1) is 6.92 Å². The van der Waals surface area contributed by atoms with Crippen LogP contribution in [0.5, 0.6) is 0 Å². The summed E-state index contributed by atoms with van der Waals surface area (Å²) in [6, 6.07) is 24.5. The van der Waals surface area contributed by atoms with Crippen LogP contribution < -0.4 is 10.9 Å². The number of hydrogen-bond donors (Lipinski definition) is 1. The van der Waals surface area contributed by atoms with E-state index in [2.05, 4.69) is 26.3 Å². The molecule has 5 nitrogen and oxygen atoms in total. The van der Waals surface area contributed by atoms with Gasteiger partial charge in [0.15, 0.2) is 0 Å². The van der Waals surface area contributed by atoms with Crippen LogP contribution in [0.3, 0.4) is 0 Å². The monoisotopic (exact) mass is 473 g/mol. The minimum absolute atomic E-state index is 0.0584. The number of aromatic nitrogens is 2. The molecular formula is C25H20BrN3O2. The van der Waals surface area contributed by atoms with Crippen molar-refractivity contribution in [3.8, 4) is 22.4 Å². The predicted octanol–water partition coefficient (Wildman–Crippen LogP) is 5.44. The van der Waals surface area contributed by atoms with Crippen molar-refractivity contribution < 1.29 is 4.79 Å². The van der Waals surface area contributed by atoms with E-state index in [-0.39, 0.29) is 5.56 Å². The lowest BCUT2D eigenvalue weighted by Crippen LogP contribution is -2.31. The number of nitrogens with zero attached hydrogens (tertiary/aromatic N) is 2. The number of nitrogens with one attached hydrogen (secondary N) is 1. The highest BCUT2D eigenvalue weighted by atomic mass is 79.9. The van der Waals surface area contributed by atoms with Crippen LogP contribution in [-0.4, -0.2) is 15.7 Å². The Kier molecular flexibility index (Phi) is 5.82. The molecule has 1 amide bonds. The Morgan fingerprint density at radius 1 is 0.935 bits per heavy atom. The van der Waals surface area contributed by atoms with Crippen LogP contribution in [-0.2, 0) is 7.05 Å². The molecule has 4 aromatic rings. The van der Waals surface area contributed by atoms with E-state index in [0.717, 1.165) is 21.2 Å². The summed E-state index contributed by atoms with van der Waals surface area (Å²) in [4.78, 5) is 26.5. The molecule has 1 N–H and O–H groups in total. The lowest BCUT2D eigenvalue weighted by molar-refractivity contribution is 0.102. The van der Waals surface area contributed by atoms with E-state index in [0.29, 0.717) is 16.9 Å². The number of anilines is 1. The van der Waals surface area contributed by atoms with Gasteiger partial charge in [0.05, 0.1) is 5.69 Å². The number of carbonyl (C=O) groups excluding carboxylic acids is 1. The predicted molar refractivity (Wildman–Crippen MR) is 127 cm³/mol. The molecule has 31 heavy (non-hydrogen) atoms. The van der Waals surface area contributed by atoms with Crippen LogP contribution in [0.25, 0.3) is 22.4 Å². The van der Waals surface area contributed by atoms with Gasteiger partial charge in [0.1, 0.15) is 5.56 Å². The van der Waals surface area contributed by atoms with Crippen LogP contribution in [0.1, 0.15) is 15.9 Å². The summed E-state index contributed by atoms with van der Waals surface area (Å²) in [5.41, 5.74) is 3.87. The summed E-state index contributed by atoms with van der Waals surface area (Å²) in [6.45, 7) is 1.94. The number of benzene rings is 3. The maximum Gasteiger partial charge on any atom is 0.280 e. The van der Waals surface area contributed by atoms with Crippen LogP contribution in [0.2, 0.25) is 0 Å².